The van der Waals surface area contributed by atoms with Gasteiger partial charge in [-0.25, -0.2) is 0 Å². The Balaban J connectivity index is 2.13. The van der Waals surface area contributed by atoms with Crippen LogP contribution in [0.5, 0.6) is 0 Å². The lowest BCUT2D eigenvalue weighted by Crippen LogP contribution is -2.10. The average molecular weight is 134 g/mol. The van der Waals surface area contributed by atoms with Gasteiger partial charge in [0.25, 0.3) is 0 Å². The van der Waals surface area contributed by atoms with Crippen molar-refractivity contribution in [2.24, 2.45) is 17.3 Å². The van der Waals surface area contributed by atoms with Crippen LogP contribution < -0.4 is 0 Å². The topological polar surface area (TPSA) is 17.1 Å². The molecule has 0 saturated heterocycles. The van der Waals surface area contributed by atoms with Gasteiger partial charge in [0, 0.05) is 12.3 Å². The highest BCUT2D eigenvalue weighted by Gasteiger charge is 2.62. The Kier molecular flexibility index (Phi) is 0.627. The second kappa shape index (κ2) is 1.23. The molecule has 0 N–H and O–H groups in total. The molecular formula is C9H10O. The van der Waals surface area contributed by atoms with Crippen LogP contribution in [0.4, 0.5) is 0 Å². The maximum Gasteiger partial charge on any atom is 0.140 e. The molecule has 0 aromatic carbocycles. The molecule has 0 aliphatic heterocycles. The molecule has 0 aromatic rings. The molecule has 3 aliphatic carbocycles. The Morgan fingerprint density at radius 2 is 2.20 bits per heavy atom. The van der Waals surface area contributed by atoms with E-state index in [9.17, 15) is 4.79 Å². The molecule has 2 atom stereocenters. The normalized spacial score (nSPS) is 45.4. The Labute approximate surface area is 60.1 Å². The molecular weight excluding hydrogens is 124 g/mol. The maximum atomic E-state index is 11.2. The summed E-state index contributed by atoms with van der Waals surface area (Å²) >= 11 is 0. The zero-order chi connectivity index (χ0) is 6.77. The summed E-state index contributed by atoms with van der Waals surface area (Å²) in [6.07, 6.45) is 7.87. The van der Waals surface area contributed by atoms with E-state index in [2.05, 4.69) is 12.2 Å². The molecule has 1 spiro atoms. The molecule has 2 saturated carbocycles. The van der Waals surface area contributed by atoms with E-state index in [1.165, 1.54) is 12.8 Å². The molecule has 3 rings (SSSR count). The summed E-state index contributed by atoms with van der Waals surface area (Å²) in [5.74, 6) is 1.49. The Hall–Kier alpha value is -0.590. The van der Waals surface area contributed by atoms with Crippen LogP contribution >= 0.6 is 0 Å². The number of hydrogen-bond acceptors (Lipinski definition) is 1. The van der Waals surface area contributed by atoms with Gasteiger partial charge in [0.15, 0.2) is 0 Å². The molecule has 10 heavy (non-hydrogen) atoms. The third-order valence-electron chi connectivity index (χ3n) is 3.49. The minimum atomic E-state index is 0.345. The van der Waals surface area contributed by atoms with Crippen molar-refractivity contribution in [2.75, 3.05) is 0 Å². The summed E-state index contributed by atoms with van der Waals surface area (Å²) in [6.45, 7) is 0. The van der Waals surface area contributed by atoms with Gasteiger partial charge in [0.2, 0.25) is 0 Å². The number of Topliss-reactive ketones (excluding diaryl/α,β-unsaturated/α-hetero) is 1. The molecule has 0 amide bonds. The molecule has 1 heteroatoms. The zero-order valence-electron chi connectivity index (χ0n) is 5.84. The van der Waals surface area contributed by atoms with Gasteiger partial charge in [-0.15, -0.1) is 0 Å². The highest BCUT2D eigenvalue weighted by Crippen LogP contribution is 2.66. The van der Waals surface area contributed by atoms with E-state index in [4.69, 9.17) is 0 Å². The van der Waals surface area contributed by atoms with Crippen molar-refractivity contribution in [3.63, 3.8) is 0 Å². The van der Waals surface area contributed by atoms with Crippen LogP contribution in [0.15, 0.2) is 12.2 Å². The van der Waals surface area contributed by atoms with E-state index in [0.717, 1.165) is 6.42 Å². The van der Waals surface area contributed by atoms with Crippen molar-refractivity contribution < 1.29 is 4.79 Å². The summed E-state index contributed by atoms with van der Waals surface area (Å²) in [5.41, 5.74) is 0.483. The van der Waals surface area contributed by atoms with Crippen LogP contribution in [-0.4, -0.2) is 5.78 Å². The van der Waals surface area contributed by atoms with Crippen LogP contribution in [-0.2, 0) is 4.79 Å². The van der Waals surface area contributed by atoms with Gasteiger partial charge in [0.05, 0.1) is 0 Å². The lowest BCUT2D eigenvalue weighted by atomic mass is 9.93. The first kappa shape index (κ1) is 5.11. The van der Waals surface area contributed by atoms with Crippen LogP contribution in [0.1, 0.15) is 19.3 Å². The summed E-state index contributed by atoms with van der Waals surface area (Å²) < 4.78 is 0. The molecule has 52 valence electrons. The number of rotatable bonds is 0. The highest BCUT2D eigenvalue weighted by molar-refractivity contribution is 5.89. The quantitative estimate of drug-likeness (QED) is 0.459. The van der Waals surface area contributed by atoms with Crippen molar-refractivity contribution in [3.8, 4) is 0 Å². The van der Waals surface area contributed by atoms with Crippen LogP contribution in [0.25, 0.3) is 0 Å². The lowest BCUT2D eigenvalue weighted by molar-refractivity contribution is -0.120. The fourth-order valence-corrected chi connectivity index (χ4v) is 2.73. The molecule has 0 radical (unpaired) electrons. The Bertz CT molecular complexity index is 235. The smallest absolute Gasteiger partial charge is 0.140 e. The summed E-state index contributed by atoms with van der Waals surface area (Å²) in [5, 5.41) is 0. The van der Waals surface area contributed by atoms with E-state index in [-0.39, 0.29) is 0 Å². The van der Waals surface area contributed by atoms with Gasteiger partial charge in [-0.05, 0) is 24.2 Å². The lowest BCUT2D eigenvalue weighted by Gasteiger charge is -2.09. The van der Waals surface area contributed by atoms with Gasteiger partial charge in [-0.2, -0.15) is 0 Å². The molecule has 3 aliphatic rings. The van der Waals surface area contributed by atoms with Crippen molar-refractivity contribution >= 4 is 5.78 Å². The average Bonchev–Trinajstić information content (AvgIpc) is 2.55. The predicted octanol–water partition coefficient (Wildman–Crippen LogP) is 1.54. The van der Waals surface area contributed by atoms with Crippen molar-refractivity contribution in [1.82, 2.24) is 0 Å². The van der Waals surface area contributed by atoms with E-state index in [1.807, 2.05) is 0 Å². The maximum absolute atomic E-state index is 11.2. The SMILES string of the molecule is O=C1CC2C=CC1C21CC1. The van der Waals surface area contributed by atoms with Crippen LogP contribution in [0.3, 0.4) is 0 Å². The van der Waals surface area contributed by atoms with Gasteiger partial charge >= 0.3 is 0 Å². The number of hydrogen-bond donors (Lipinski definition) is 0. The highest BCUT2D eigenvalue weighted by atomic mass is 16.1. The summed E-state index contributed by atoms with van der Waals surface area (Å²) in [7, 11) is 0. The van der Waals surface area contributed by atoms with Crippen LogP contribution in [0, 0.1) is 17.3 Å². The van der Waals surface area contributed by atoms with Crippen molar-refractivity contribution in [1.29, 1.82) is 0 Å². The van der Waals surface area contributed by atoms with E-state index in [1.54, 1.807) is 0 Å². The number of carbonyl (C=O) groups excluding carboxylic acids is 1. The third-order valence-corrected chi connectivity index (χ3v) is 3.49. The molecule has 0 aromatic heterocycles. The number of allylic oxidation sites excluding steroid dienone is 2. The number of ketones is 1. The minimum absolute atomic E-state index is 0.345. The first-order valence-corrected chi connectivity index (χ1v) is 4.04. The summed E-state index contributed by atoms with van der Waals surface area (Å²) in [6, 6.07) is 0. The largest absolute Gasteiger partial charge is 0.299 e. The molecule has 1 nitrogen and oxygen atoms in total. The van der Waals surface area contributed by atoms with Gasteiger partial charge in [-0.3, -0.25) is 4.79 Å². The first-order chi connectivity index (χ1) is 4.83. The fourth-order valence-electron chi connectivity index (χ4n) is 2.73. The van der Waals surface area contributed by atoms with Gasteiger partial charge in [-0.1, -0.05) is 12.2 Å². The molecule has 0 heterocycles. The predicted molar refractivity (Wildman–Crippen MR) is 37.4 cm³/mol. The molecule has 2 unspecified atom stereocenters. The van der Waals surface area contributed by atoms with E-state index >= 15 is 0 Å². The fraction of sp³-hybridized carbons (Fsp3) is 0.667. The third kappa shape index (κ3) is 0.352. The minimum Gasteiger partial charge on any atom is -0.299 e. The van der Waals surface area contributed by atoms with E-state index < -0.39 is 0 Å². The number of carbonyl (C=O) groups is 1. The monoisotopic (exact) mass is 134 g/mol. The van der Waals surface area contributed by atoms with Gasteiger partial charge < -0.3 is 0 Å². The van der Waals surface area contributed by atoms with E-state index in [0.29, 0.717) is 23.0 Å². The second-order valence-corrected chi connectivity index (χ2v) is 3.87. The van der Waals surface area contributed by atoms with Gasteiger partial charge in [0.1, 0.15) is 5.78 Å². The first-order valence-electron chi connectivity index (χ1n) is 4.04. The molecule has 2 fully saturated rings. The summed E-state index contributed by atoms with van der Waals surface area (Å²) in [4.78, 5) is 11.2. The van der Waals surface area contributed by atoms with Crippen LogP contribution in [0.2, 0.25) is 0 Å². The Morgan fingerprint density at radius 3 is 2.50 bits per heavy atom. The van der Waals surface area contributed by atoms with Crippen molar-refractivity contribution in [2.45, 2.75) is 19.3 Å². The second-order valence-electron chi connectivity index (χ2n) is 3.87. The molecule has 2 bridgehead atoms. The van der Waals surface area contributed by atoms with Crippen molar-refractivity contribution in [3.05, 3.63) is 12.2 Å². The zero-order valence-corrected chi connectivity index (χ0v) is 5.84. The Morgan fingerprint density at radius 1 is 1.40 bits per heavy atom. The standard InChI is InChI=1S/C9H10O/c10-8-5-6-1-2-7(8)9(6)3-4-9/h1-2,6-7H,3-5H2.